The summed E-state index contributed by atoms with van der Waals surface area (Å²) in [5, 5.41) is 12.0. The lowest BCUT2D eigenvalue weighted by molar-refractivity contribution is -0.384. The predicted molar refractivity (Wildman–Crippen MR) is 90.2 cm³/mol. The Hall–Kier alpha value is -1.10. The number of rotatable bonds is 5. The Balaban J connectivity index is 2.19. The van der Waals surface area contributed by atoms with Crippen LogP contribution in [0.5, 0.6) is 0 Å². The molecule has 0 aliphatic carbocycles. The van der Waals surface area contributed by atoms with Crippen LogP contribution in [0, 0.1) is 16.0 Å². The first kappa shape index (κ1) is 16.3. The van der Waals surface area contributed by atoms with E-state index in [4.69, 9.17) is 0 Å². The van der Waals surface area contributed by atoms with Crippen molar-refractivity contribution < 1.29 is 4.92 Å². The lowest BCUT2D eigenvalue weighted by Gasteiger charge is -2.23. The van der Waals surface area contributed by atoms with Gasteiger partial charge < -0.3 is 4.90 Å². The molecule has 5 heteroatoms. The predicted octanol–water partition coefficient (Wildman–Crippen LogP) is 4.90. The molecule has 1 heterocycles. The van der Waals surface area contributed by atoms with Gasteiger partial charge in [-0.1, -0.05) is 41.8 Å². The van der Waals surface area contributed by atoms with Crippen LogP contribution < -0.4 is 4.90 Å². The van der Waals surface area contributed by atoms with Gasteiger partial charge in [0.05, 0.1) is 4.92 Å². The van der Waals surface area contributed by atoms with E-state index in [2.05, 4.69) is 27.8 Å². The highest BCUT2D eigenvalue weighted by molar-refractivity contribution is 9.08. The van der Waals surface area contributed by atoms with E-state index in [1.54, 1.807) is 6.07 Å². The van der Waals surface area contributed by atoms with Gasteiger partial charge in [0.2, 0.25) is 0 Å². The van der Waals surface area contributed by atoms with E-state index in [0.717, 1.165) is 43.1 Å². The molecule has 2 rings (SSSR count). The molecule has 1 unspecified atom stereocenters. The van der Waals surface area contributed by atoms with Gasteiger partial charge in [0, 0.05) is 24.5 Å². The van der Waals surface area contributed by atoms with Crippen molar-refractivity contribution in [2.45, 2.75) is 44.4 Å². The van der Waals surface area contributed by atoms with Crippen molar-refractivity contribution in [1.29, 1.82) is 0 Å². The number of nitro benzene ring substituents is 1. The van der Waals surface area contributed by atoms with E-state index in [-0.39, 0.29) is 10.6 Å². The third-order valence-corrected chi connectivity index (χ3v) is 4.92. The maximum absolute atomic E-state index is 11.3. The largest absolute Gasteiger partial charge is 0.366 e. The van der Waals surface area contributed by atoms with Crippen molar-refractivity contribution in [1.82, 2.24) is 0 Å². The first-order valence-electron chi connectivity index (χ1n) is 7.74. The molecule has 1 aliphatic heterocycles. The first-order chi connectivity index (χ1) is 10.2. The standard InChI is InChI=1S/C16H23BrN2O2/c1-2-4-13-5-3-9-18(10-8-13)15-7-6-14(12-17)11-16(15)19(20)21/h6-7,11,13H,2-5,8-10,12H2,1H3. The van der Waals surface area contributed by atoms with Crippen LogP contribution in [0.3, 0.4) is 0 Å². The molecule has 0 radical (unpaired) electrons. The summed E-state index contributed by atoms with van der Waals surface area (Å²) in [6.07, 6.45) is 6.02. The molecule has 21 heavy (non-hydrogen) atoms. The Kier molecular flexibility index (Phi) is 6.03. The molecule has 1 aliphatic rings. The number of hydrogen-bond acceptors (Lipinski definition) is 3. The van der Waals surface area contributed by atoms with Gasteiger partial charge >= 0.3 is 0 Å². The van der Waals surface area contributed by atoms with Gasteiger partial charge in [0.15, 0.2) is 0 Å². The molecule has 1 atom stereocenters. The molecule has 0 N–H and O–H groups in total. The van der Waals surface area contributed by atoms with Crippen molar-refractivity contribution in [3.8, 4) is 0 Å². The Morgan fingerprint density at radius 1 is 1.38 bits per heavy atom. The Morgan fingerprint density at radius 2 is 2.19 bits per heavy atom. The number of nitrogens with zero attached hydrogens (tertiary/aromatic N) is 2. The topological polar surface area (TPSA) is 46.4 Å². The molecule has 116 valence electrons. The van der Waals surface area contributed by atoms with Gasteiger partial charge in [-0.2, -0.15) is 0 Å². The van der Waals surface area contributed by atoms with Crippen molar-refractivity contribution in [3.05, 3.63) is 33.9 Å². The zero-order valence-corrected chi connectivity index (χ0v) is 14.1. The minimum Gasteiger partial charge on any atom is -0.366 e. The van der Waals surface area contributed by atoms with Crippen LogP contribution in [0.25, 0.3) is 0 Å². The molecule has 4 nitrogen and oxygen atoms in total. The van der Waals surface area contributed by atoms with Crippen molar-refractivity contribution in [2.75, 3.05) is 18.0 Å². The Morgan fingerprint density at radius 3 is 2.86 bits per heavy atom. The third kappa shape index (κ3) is 4.19. The van der Waals surface area contributed by atoms with Crippen LogP contribution in [0.1, 0.15) is 44.6 Å². The minimum absolute atomic E-state index is 0.237. The SMILES string of the molecule is CCCC1CCCN(c2ccc(CBr)cc2[N+](=O)[O-])CC1. The fourth-order valence-corrected chi connectivity index (χ4v) is 3.52. The van der Waals surface area contributed by atoms with E-state index in [1.165, 1.54) is 19.3 Å². The van der Waals surface area contributed by atoms with Crippen molar-refractivity contribution >= 4 is 27.3 Å². The Bertz CT molecular complexity index is 493. The smallest absolute Gasteiger partial charge is 0.292 e. The molecule has 0 bridgehead atoms. The average Bonchev–Trinajstić information content (AvgIpc) is 2.72. The highest BCUT2D eigenvalue weighted by Gasteiger charge is 2.23. The van der Waals surface area contributed by atoms with Gasteiger partial charge in [-0.25, -0.2) is 0 Å². The molecule has 1 saturated heterocycles. The molecule has 0 spiro atoms. The summed E-state index contributed by atoms with van der Waals surface area (Å²) in [5.74, 6) is 0.779. The van der Waals surface area contributed by atoms with Gasteiger partial charge in [-0.15, -0.1) is 0 Å². The van der Waals surface area contributed by atoms with Crippen LogP contribution in [0.4, 0.5) is 11.4 Å². The normalized spacial score (nSPS) is 19.3. The third-order valence-electron chi connectivity index (χ3n) is 4.28. The second-order valence-electron chi connectivity index (χ2n) is 5.79. The molecule has 0 aromatic heterocycles. The van der Waals surface area contributed by atoms with Crippen LogP contribution in [-0.4, -0.2) is 18.0 Å². The van der Waals surface area contributed by atoms with Crippen molar-refractivity contribution in [3.63, 3.8) is 0 Å². The molecule has 1 aromatic carbocycles. The fourth-order valence-electron chi connectivity index (χ4n) is 3.17. The molecule has 0 amide bonds. The lowest BCUT2D eigenvalue weighted by atomic mass is 9.96. The van der Waals surface area contributed by atoms with Gasteiger partial charge in [0.1, 0.15) is 5.69 Å². The van der Waals surface area contributed by atoms with E-state index < -0.39 is 0 Å². The lowest BCUT2D eigenvalue weighted by Crippen LogP contribution is -2.25. The summed E-state index contributed by atoms with van der Waals surface area (Å²) in [6, 6.07) is 5.58. The molecule has 1 aromatic rings. The fraction of sp³-hybridized carbons (Fsp3) is 0.625. The summed E-state index contributed by atoms with van der Waals surface area (Å²) < 4.78 is 0. The van der Waals surface area contributed by atoms with E-state index in [9.17, 15) is 10.1 Å². The maximum Gasteiger partial charge on any atom is 0.292 e. The van der Waals surface area contributed by atoms with Gasteiger partial charge in [-0.05, 0) is 36.8 Å². The summed E-state index contributed by atoms with van der Waals surface area (Å²) >= 11 is 3.36. The zero-order valence-electron chi connectivity index (χ0n) is 12.6. The molecule has 0 saturated carbocycles. The summed E-state index contributed by atoms with van der Waals surface area (Å²) in [7, 11) is 0. The number of hydrogen-bond donors (Lipinski definition) is 0. The molecular formula is C16H23BrN2O2. The van der Waals surface area contributed by atoms with E-state index in [1.807, 2.05) is 12.1 Å². The average molecular weight is 355 g/mol. The summed E-state index contributed by atoms with van der Waals surface area (Å²) in [5.41, 5.74) is 1.96. The molecular weight excluding hydrogens is 332 g/mol. The van der Waals surface area contributed by atoms with Gasteiger partial charge in [-0.3, -0.25) is 10.1 Å². The summed E-state index contributed by atoms with van der Waals surface area (Å²) in [4.78, 5) is 13.3. The van der Waals surface area contributed by atoms with Crippen molar-refractivity contribution in [2.24, 2.45) is 5.92 Å². The molecule has 1 fully saturated rings. The highest BCUT2D eigenvalue weighted by atomic mass is 79.9. The quantitative estimate of drug-likeness (QED) is 0.429. The van der Waals surface area contributed by atoms with Crippen LogP contribution in [0.2, 0.25) is 0 Å². The van der Waals surface area contributed by atoms with E-state index >= 15 is 0 Å². The monoisotopic (exact) mass is 354 g/mol. The minimum atomic E-state index is -0.254. The van der Waals surface area contributed by atoms with E-state index in [0.29, 0.717) is 5.33 Å². The first-order valence-corrected chi connectivity index (χ1v) is 8.86. The van der Waals surface area contributed by atoms with Gasteiger partial charge in [0.25, 0.3) is 5.69 Å². The number of nitro groups is 1. The number of alkyl halides is 1. The Labute approximate surface area is 134 Å². The maximum atomic E-state index is 11.3. The number of anilines is 1. The van der Waals surface area contributed by atoms with Crippen LogP contribution in [-0.2, 0) is 5.33 Å². The van der Waals surface area contributed by atoms with Crippen LogP contribution in [0.15, 0.2) is 18.2 Å². The highest BCUT2D eigenvalue weighted by Crippen LogP contribution is 2.33. The second-order valence-corrected chi connectivity index (χ2v) is 6.35. The number of halogens is 1. The van der Waals surface area contributed by atoms with Crippen LogP contribution >= 0.6 is 15.9 Å². The number of benzene rings is 1. The second kappa shape index (κ2) is 7.78. The summed E-state index contributed by atoms with van der Waals surface area (Å²) in [6.45, 7) is 4.08. The zero-order chi connectivity index (χ0) is 15.2.